The number of aryl methyl sites for hydroxylation is 1. The van der Waals surface area contributed by atoms with Gasteiger partial charge in [0.15, 0.2) is 6.61 Å². The lowest BCUT2D eigenvalue weighted by Gasteiger charge is -2.09. The fraction of sp³-hybridized carbons (Fsp3) is 0.176. The number of benzene rings is 2. The number of rotatable bonds is 5. The smallest absolute Gasteiger partial charge is 0.344 e. The number of halogens is 1. The molecule has 0 unspecified atom stereocenters. The van der Waals surface area contributed by atoms with Gasteiger partial charge in [0, 0.05) is 5.56 Å². The van der Waals surface area contributed by atoms with E-state index in [-0.39, 0.29) is 13.2 Å². The van der Waals surface area contributed by atoms with Crippen molar-refractivity contribution in [1.29, 1.82) is 5.26 Å². The van der Waals surface area contributed by atoms with Crippen LogP contribution in [0.1, 0.15) is 16.7 Å². The van der Waals surface area contributed by atoms with E-state index in [0.29, 0.717) is 21.9 Å². The molecule has 0 fully saturated rings. The van der Waals surface area contributed by atoms with Crippen LogP contribution in [0.2, 0.25) is 5.02 Å². The van der Waals surface area contributed by atoms with Crippen molar-refractivity contribution in [3.05, 3.63) is 64.2 Å². The minimum atomic E-state index is -0.523. The second-order valence-corrected chi connectivity index (χ2v) is 5.06. The molecular formula is C17H14ClNO3. The van der Waals surface area contributed by atoms with Crippen LogP contribution in [0, 0.1) is 18.3 Å². The van der Waals surface area contributed by atoms with Crippen LogP contribution >= 0.6 is 11.6 Å². The maximum absolute atomic E-state index is 11.7. The molecule has 0 radical (unpaired) electrons. The van der Waals surface area contributed by atoms with Crippen LogP contribution in [0.4, 0.5) is 0 Å². The van der Waals surface area contributed by atoms with E-state index in [1.165, 1.54) is 0 Å². The molecule has 0 saturated carbocycles. The standard InChI is InChI=1S/C17H14ClNO3/c1-12-6-7-15(18)16(8-12)21-11-17(20)22-10-14-5-3-2-4-13(14)9-19/h2-8H,10-11H2,1H3. The van der Waals surface area contributed by atoms with Crippen molar-refractivity contribution >= 4 is 17.6 Å². The molecule has 0 saturated heterocycles. The summed E-state index contributed by atoms with van der Waals surface area (Å²) >= 11 is 5.98. The maximum atomic E-state index is 11.7. The highest BCUT2D eigenvalue weighted by Crippen LogP contribution is 2.25. The first kappa shape index (κ1) is 15.9. The summed E-state index contributed by atoms with van der Waals surface area (Å²) in [4.78, 5) is 11.7. The first-order valence-electron chi connectivity index (χ1n) is 6.62. The first-order valence-corrected chi connectivity index (χ1v) is 7.00. The van der Waals surface area contributed by atoms with Gasteiger partial charge in [0.2, 0.25) is 0 Å². The van der Waals surface area contributed by atoms with Gasteiger partial charge >= 0.3 is 5.97 Å². The molecule has 2 aromatic carbocycles. The normalized spacial score (nSPS) is 9.86. The average molecular weight is 316 g/mol. The van der Waals surface area contributed by atoms with Crippen molar-refractivity contribution in [3.8, 4) is 11.8 Å². The van der Waals surface area contributed by atoms with Crippen LogP contribution in [-0.2, 0) is 16.1 Å². The van der Waals surface area contributed by atoms with E-state index < -0.39 is 5.97 Å². The topological polar surface area (TPSA) is 59.3 Å². The quantitative estimate of drug-likeness (QED) is 0.790. The number of ether oxygens (including phenoxy) is 2. The lowest BCUT2D eigenvalue weighted by molar-refractivity contribution is -0.147. The van der Waals surface area contributed by atoms with E-state index in [1.54, 1.807) is 36.4 Å². The summed E-state index contributed by atoms with van der Waals surface area (Å²) < 4.78 is 10.5. The Kier molecular flexibility index (Phi) is 5.40. The van der Waals surface area contributed by atoms with E-state index in [9.17, 15) is 4.79 Å². The summed E-state index contributed by atoms with van der Waals surface area (Å²) in [5.41, 5.74) is 2.13. The monoisotopic (exact) mass is 315 g/mol. The number of carbonyl (C=O) groups excluding carboxylic acids is 1. The van der Waals surface area contributed by atoms with Gasteiger partial charge in [-0.05, 0) is 30.7 Å². The van der Waals surface area contributed by atoms with Crippen molar-refractivity contribution < 1.29 is 14.3 Å². The van der Waals surface area contributed by atoms with Gasteiger partial charge in [-0.25, -0.2) is 4.79 Å². The lowest BCUT2D eigenvalue weighted by Crippen LogP contribution is -2.15. The van der Waals surface area contributed by atoms with Gasteiger partial charge in [-0.3, -0.25) is 0 Å². The average Bonchev–Trinajstić information content (AvgIpc) is 2.54. The largest absolute Gasteiger partial charge is 0.480 e. The molecule has 0 aliphatic heterocycles. The molecule has 0 aliphatic carbocycles. The Morgan fingerprint density at radius 1 is 1.27 bits per heavy atom. The number of nitrogens with zero attached hydrogens (tertiary/aromatic N) is 1. The zero-order valence-corrected chi connectivity index (χ0v) is 12.8. The predicted molar refractivity (Wildman–Crippen MR) is 82.6 cm³/mol. The third-order valence-electron chi connectivity index (χ3n) is 2.96. The molecule has 0 atom stereocenters. The van der Waals surface area contributed by atoms with Gasteiger partial charge in [-0.2, -0.15) is 5.26 Å². The molecule has 112 valence electrons. The van der Waals surface area contributed by atoms with Crippen LogP contribution in [-0.4, -0.2) is 12.6 Å². The Morgan fingerprint density at radius 3 is 2.82 bits per heavy atom. The van der Waals surface area contributed by atoms with E-state index in [0.717, 1.165) is 5.56 Å². The van der Waals surface area contributed by atoms with Crippen LogP contribution in [0.3, 0.4) is 0 Å². The first-order chi connectivity index (χ1) is 10.6. The third kappa shape index (κ3) is 4.24. The van der Waals surface area contributed by atoms with Gasteiger partial charge in [0.25, 0.3) is 0 Å². The lowest BCUT2D eigenvalue weighted by atomic mass is 10.1. The number of nitriles is 1. The SMILES string of the molecule is Cc1ccc(Cl)c(OCC(=O)OCc2ccccc2C#N)c1. The fourth-order valence-electron chi connectivity index (χ4n) is 1.81. The molecular weight excluding hydrogens is 302 g/mol. The number of carbonyl (C=O) groups is 1. The number of hydrogen-bond acceptors (Lipinski definition) is 4. The summed E-state index contributed by atoms with van der Waals surface area (Å²) in [6.45, 7) is 1.70. The maximum Gasteiger partial charge on any atom is 0.344 e. The van der Waals surface area contributed by atoms with Gasteiger partial charge in [-0.15, -0.1) is 0 Å². The van der Waals surface area contributed by atoms with Crippen molar-refractivity contribution in [2.24, 2.45) is 0 Å². The third-order valence-corrected chi connectivity index (χ3v) is 3.27. The Labute approximate surface area is 133 Å². The number of esters is 1. The molecule has 0 spiro atoms. The predicted octanol–water partition coefficient (Wildman–Crippen LogP) is 3.64. The summed E-state index contributed by atoms with van der Waals surface area (Å²) in [5, 5.41) is 9.40. The Morgan fingerprint density at radius 2 is 2.05 bits per heavy atom. The van der Waals surface area contributed by atoms with Gasteiger partial charge in [0.1, 0.15) is 12.4 Å². The molecule has 22 heavy (non-hydrogen) atoms. The van der Waals surface area contributed by atoms with Crippen LogP contribution in [0.15, 0.2) is 42.5 Å². The number of hydrogen-bond donors (Lipinski definition) is 0. The van der Waals surface area contributed by atoms with Crippen molar-refractivity contribution in [2.75, 3.05) is 6.61 Å². The Balaban J connectivity index is 1.89. The Bertz CT molecular complexity index is 722. The van der Waals surface area contributed by atoms with Crippen LogP contribution in [0.25, 0.3) is 0 Å². The van der Waals surface area contributed by atoms with Gasteiger partial charge in [0.05, 0.1) is 16.7 Å². The molecule has 0 bridgehead atoms. The molecule has 0 aromatic heterocycles. The molecule has 0 heterocycles. The summed E-state index contributed by atoms with van der Waals surface area (Å²) in [7, 11) is 0. The Hall–Kier alpha value is -2.51. The molecule has 0 aliphatic rings. The summed E-state index contributed by atoms with van der Waals surface area (Å²) in [6, 6.07) is 14.3. The van der Waals surface area contributed by atoms with Gasteiger partial charge < -0.3 is 9.47 Å². The van der Waals surface area contributed by atoms with E-state index in [1.807, 2.05) is 13.0 Å². The summed E-state index contributed by atoms with van der Waals surface area (Å²) in [5.74, 6) is -0.0821. The highest BCUT2D eigenvalue weighted by atomic mass is 35.5. The zero-order valence-electron chi connectivity index (χ0n) is 12.0. The molecule has 5 heteroatoms. The second kappa shape index (κ2) is 7.48. The van der Waals surface area contributed by atoms with Crippen LogP contribution in [0.5, 0.6) is 5.75 Å². The molecule has 0 N–H and O–H groups in total. The highest BCUT2D eigenvalue weighted by molar-refractivity contribution is 6.32. The van der Waals surface area contributed by atoms with Crippen molar-refractivity contribution in [2.45, 2.75) is 13.5 Å². The van der Waals surface area contributed by atoms with E-state index >= 15 is 0 Å². The second-order valence-electron chi connectivity index (χ2n) is 4.65. The van der Waals surface area contributed by atoms with Gasteiger partial charge in [-0.1, -0.05) is 35.9 Å². The molecule has 2 aromatic rings. The molecule has 2 rings (SSSR count). The molecule has 4 nitrogen and oxygen atoms in total. The minimum absolute atomic E-state index is 0.0352. The zero-order chi connectivity index (χ0) is 15.9. The van der Waals surface area contributed by atoms with Crippen LogP contribution < -0.4 is 4.74 Å². The summed E-state index contributed by atoms with van der Waals surface area (Å²) in [6.07, 6.45) is 0. The van der Waals surface area contributed by atoms with E-state index in [2.05, 4.69) is 6.07 Å². The fourth-order valence-corrected chi connectivity index (χ4v) is 1.99. The minimum Gasteiger partial charge on any atom is -0.480 e. The van der Waals surface area contributed by atoms with E-state index in [4.69, 9.17) is 26.3 Å². The highest BCUT2D eigenvalue weighted by Gasteiger charge is 2.09. The van der Waals surface area contributed by atoms with Crippen molar-refractivity contribution in [3.63, 3.8) is 0 Å². The molecule has 0 amide bonds. The van der Waals surface area contributed by atoms with Crippen molar-refractivity contribution in [1.82, 2.24) is 0 Å².